The third kappa shape index (κ3) is 5.85. The number of hydrogen-bond acceptors (Lipinski definition) is 5. The van der Waals surface area contributed by atoms with Gasteiger partial charge in [-0.2, -0.15) is 0 Å². The molecule has 128 valence electrons. The number of carbonyl (C=O) groups is 1. The van der Waals surface area contributed by atoms with Gasteiger partial charge in [-0.05, 0) is 29.7 Å². The number of nitrogens with one attached hydrogen (secondary N) is 1. The van der Waals surface area contributed by atoms with Gasteiger partial charge in [0.2, 0.25) is 11.0 Å². The normalized spacial score (nSPS) is 10.6. The molecule has 3 rings (SSSR count). The van der Waals surface area contributed by atoms with Gasteiger partial charge in [0, 0.05) is 17.2 Å². The molecular formula is C18H16ClN3OS2. The van der Waals surface area contributed by atoms with Crippen molar-refractivity contribution in [2.75, 3.05) is 5.32 Å². The van der Waals surface area contributed by atoms with Crippen molar-refractivity contribution in [2.45, 2.75) is 22.9 Å². The van der Waals surface area contributed by atoms with Crippen molar-refractivity contribution < 1.29 is 4.79 Å². The Kier molecular flexibility index (Phi) is 6.44. The van der Waals surface area contributed by atoms with Crippen molar-refractivity contribution in [2.24, 2.45) is 0 Å². The Bertz CT molecular complexity index is 822. The van der Waals surface area contributed by atoms with E-state index in [0.717, 1.165) is 15.7 Å². The fourth-order valence-corrected chi connectivity index (χ4v) is 3.98. The fraction of sp³-hybridized carbons (Fsp3) is 0.167. The van der Waals surface area contributed by atoms with Gasteiger partial charge in [0.15, 0.2) is 4.34 Å². The second kappa shape index (κ2) is 8.99. The molecule has 0 saturated heterocycles. The zero-order valence-corrected chi connectivity index (χ0v) is 15.7. The highest BCUT2D eigenvalue weighted by molar-refractivity contribution is 8.00. The highest BCUT2D eigenvalue weighted by Crippen LogP contribution is 2.28. The van der Waals surface area contributed by atoms with Crippen LogP contribution in [0.15, 0.2) is 58.9 Å². The van der Waals surface area contributed by atoms with E-state index in [2.05, 4.69) is 27.6 Å². The third-order valence-corrected chi connectivity index (χ3v) is 5.71. The van der Waals surface area contributed by atoms with Crippen LogP contribution in [0.2, 0.25) is 5.02 Å². The summed E-state index contributed by atoms with van der Waals surface area (Å²) in [6, 6.07) is 17.7. The number of thioether (sulfide) groups is 1. The lowest BCUT2D eigenvalue weighted by molar-refractivity contribution is -0.116. The molecule has 4 nitrogen and oxygen atoms in total. The first-order valence-electron chi connectivity index (χ1n) is 7.73. The molecule has 1 aromatic heterocycles. The van der Waals surface area contributed by atoms with Gasteiger partial charge in [0.1, 0.15) is 0 Å². The Labute approximate surface area is 159 Å². The topological polar surface area (TPSA) is 54.9 Å². The molecule has 7 heteroatoms. The standard InChI is InChI=1S/C18H16ClN3OS2/c19-15-9-6-13(7-10-15)8-11-16(23)20-17-21-22-18(25-17)24-12-14-4-2-1-3-5-14/h1-7,9-10H,8,11-12H2,(H,20,21,23). The minimum Gasteiger partial charge on any atom is -0.300 e. The van der Waals surface area contributed by atoms with E-state index in [4.69, 9.17) is 11.6 Å². The molecule has 0 unspecified atom stereocenters. The number of aromatic nitrogens is 2. The largest absolute Gasteiger partial charge is 0.300 e. The first-order chi connectivity index (χ1) is 12.2. The number of aryl methyl sites for hydroxylation is 1. The smallest absolute Gasteiger partial charge is 0.226 e. The van der Waals surface area contributed by atoms with Gasteiger partial charge in [0.25, 0.3) is 0 Å². The van der Waals surface area contributed by atoms with Crippen molar-refractivity contribution in [1.29, 1.82) is 0 Å². The van der Waals surface area contributed by atoms with Gasteiger partial charge in [0.05, 0.1) is 0 Å². The molecule has 2 aromatic carbocycles. The van der Waals surface area contributed by atoms with E-state index in [1.165, 1.54) is 16.9 Å². The molecule has 0 aliphatic heterocycles. The third-order valence-electron chi connectivity index (χ3n) is 3.41. The Morgan fingerprint density at radius 2 is 1.80 bits per heavy atom. The average Bonchev–Trinajstić information content (AvgIpc) is 3.08. The maximum atomic E-state index is 12.0. The second-order valence-corrected chi connectivity index (χ2v) is 7.96. The van der Waals surface area contributed by atoms with Gasteiger partial charge in [-0.1, -0.05) is 77.2 Å². The van der Waals surface area contributed by atoms with Gasteiger partial charge >= 0.3 is 0 Å². The van der Waals surface area contributed by atoms with E-state index in [0.29, 0.717) is 23.0 Å². The van der Waals surface area contributed by atoms with Crippen LogP contribution >= 0.6 is 34.7 Å². The Morgan fingerprint density at radius 1 is 1.04 bits per heavy atom. The van der Waals surface area contributed by atoms with Crippen LogP contribution in [0.3, 0.4) is 0 Å². The van der Waals surface area contributed by atoms with Crippen LogP contribution in [0.1, 0.15) is 17.5 Å². The Hall–Kier alpha value is -1.89. The van der Waals surface area contributed by atoms with Crippen LogP contribution in [0, 0.1) is 0 Å². The number of nitrogens with zero attached hydrogens (tertiary/aromatic N) is 2. The van der Waals surface area contributed by atoms with E-state index in [9.17, 15) is 4.79 Å². The van der Waals surface area contributed by atoms with E-state index in [-0.39, 0.29) is 5.91 Å². The molecular weight excluding hydrogens is 374 g/mol. The zero-order valence-electron chi connectivity index (χ0n) is 13.3. The molecule has 0 saturated carbocycles. The molecule has 1 heterocycles. The SMILES string of the molecule is O=C(CCc1ccc(Cl)cc1)Nc1nnc(SCc2ccccc2)s1. The predicted molar refractivity (Wildman–Crippen MR) is 104 cm³/mol. The van der Waals surface area contributed by atoms with Crippen LogP contribution in [-0.4, -0.2) is 16.1 Å². The summed E-state index contributed by atoms with van der Waals surface area (Å²) in [4.78, 5) is 12.0. The molecule has 0 fully saturated rings. The molecule has 0 atom stereocenters. The van der Waals surface area contributed by atoms with Crippen molar-refractivity contribution in [3.8, 4) is 0 Å². The van der Waals surface area contributed by atoms with E-state index in [1.54, 1.807) is 11.8 Å². The summed E-state index contributed by atoms with van der Waals surface area (Å²) in [6.45, 7) is 0. The lowest BCUT2D eigenvalue weighted by Crippen LogP contribution is -2.12. The summed E-state index contributed by atoms with van der Waals surface area (Å²) in [5.41, 5.74) is 2.31. The van der Waals surface area contributed by atoms with Crippen molar-refractivity contribution in [3.05, 3.63) is 70.7 Å². The summed E-state index contributed by atoms with van der Waals surface area (Å²) in [5.74, 6) is 0.769. The van der Waals surface area contributed by atoms with Crippen molar-refractivity contribution in [3.63, 3.8) is 0 Å². The molecule has 1 N–H and O–H groups in total. The van der Waals surface area contributed by atoms with Crippen LogP contribution in [0.25, 0.3) is 0 Å². The van der Waals surface area contributed by atoms with Crippen LogP contribution in [0.5, 0.6) is 0 Å². The van der Waals surface area contributed by atoms with Gasteiger partial charge in [-0.15, -0.1) is 10.2 Å². The summed E-state index contributed by atoms with van der Waals surface area (Å²) >= 11 is 8.86. The number of amides is 1. The quantitative estimate of drug-likeness (QED) is 0.453. The number of rotatable bonds is 7. The summed E-state index contributed by atoms with van der Waals surface area (Å²) < 4.78 is 0.844. The first-order valence-corrected chi connectivity index (χ1v) is 9.91. The van der Waals surface area contributed by atoms with Crippen molar-refractivity contribution in [1.82, 2.24) is 10.2 Å². The number of halogens is 1. The summed E-state index contributed by atoms with van der Waals surface area (Å²) in [7, 11) is 0. The molecule has 0 aliphatic rings. The van der Waals surface area contributed by atoms with Crippen LogP contribution in [0.4, 0.5) is 5.13 Å². The van der Waals surface area contributed by atoms with Gasteiger partial charge < -0.3 is 5.32 Å². The average molecular weight is 390 g/mol. The lowest BCUT2D eigenvalue weighted by atomic mass is 10.1. The maximum Gasteiger partial charge on any atom is 0.226 e. The molecule has 0 aliphatic carbocycles. The van der Waals surface area contributed by atoms with Crippen molar-refractivity contribution >= 4 is 45.7 Å². The fourth-order valence-electron chi connectivity index (χ4n) is 2.13. The molecule has 25 heavy (non-hydrogen) atoms. The molecule has 3 aromatic rings. The lowest BCUT2D eigenvalue weighted by Gasteiger charge is -2.02. The number of carbonyl (C=O) groups excluding carboxylic acids is 1. The predicted octanol–water partition coefficient (Wildman–Crippen LogP) is 5.06. The van der Waals surface area contributed by atoms with Crippen LogP contribution < -0.4 is 5.32 Å². The Balaban J connectivity index is 1.45. The first kappa shape index (κ1) is 17.9. The molecule has 0 spiro atoms. The Morgan fingerprint density at radius 3 is 2.56 bits per heavy atom. The number of hydrogen-bond donors (Lipinski definition) is 1. The molecule has 0 radical (unpaired) electrons. The minimum absolute atomic E-state index is 0.0642. The number of benzene rings is 2. The monoisotopic (exact) mass is 389 g/mol. The van der Waals surface area contributed by atoms with Gasteiger partial charge in [-0.25, -0.2) is 0 Å². The van der Waals surface area contributed by atoms with E-state index < -0.39 is 0 Å². The maximum absolute atomic E-state index is 12.0. The van der Waals surface area contributed by atoms with Crippen LogP contribution in [-0.2, 0) is 17.0 Å². The molecule has 1 amide bonds. The second-order valence-electron chi connectivity index (χ2n) is 5.32. The zero-order chi connectivity index (χ0) is 17.5. The van der Waals surface area contributed by atoms with E-state index >= 15 is 0 Å². The van der Waals surface area contributed by atoms with E-state index in [1.807, 2.05) is 42.5 Å². The van der Waals surface area contributed by atoms with Gasteiger partial charge in [-0.3, -0.25) is 4.79 Å². The number of anilines is 1. The minimum atomic E-state index is -0.0642. The highest BCUT2D eigenvalue weighted by atomic mass is 35.5. The highest BCUT2D eigenvalue weighted by Gasteiger charge is 2.09. The molecule has 0 bridgehead atoms. The summed E-state index contributed by atoms with van der Waals surface area (Å²) in [6.07, 6.45) is 1.06. The summed E-state index contributed by atoms with van der Waals surface area (Å²) in [5, 5.41) is 12.2.